The fraction of sp³-hybridized carbons (Fsp3) is 0.250. The van der Waals surface area contributed by atoms with Crippen molar-refractivity contribution < 1.29 is 4.79 Å². The molecule has 1 atom stereocenters. The summed E-state index contributed by atoms with van der Waals surface area (Å²) in [5.74, 6) is 0.0168. The Labute approximate surface area is 161 Å². The molecule has 1 aromatic carbocycles. The van der Waals surface area contributed by atoms with Crippen LogP contribution in [0.5, 0.6) is 0 Å². The highest BCUT2D eigenvalue weighted by Gasteiger charge is 2.36. The van der Waals surface area contributed by atoms with Crippen molar-refractivity contribution in [2.45, 2.75) is 19.0 Å². The van der Waals surface area contributed by atoms with Crippen molar-refractivity contribution in [2.24, 2.45) is 0 Å². The van der Waals surface area contributed by atoms with E-state index in [2.05, 4.69) is 4.98 Å². The molecule has 7 heteroatoms. The molecule has 0 spiro atoms. The number of amides is 1. The van der Waals surface area contributed by atoms with E-state index in [-0.39, 0.29) is 17.5 Å². The molecule has 27 heavy (non-hydrogen) atoms. The van der Waals surface area contributed by atoms with Crippen LogP contribution in [0.2, 0.25) is 5.02 Å². The molecule has 6 nitrogen and oxygen atoms in total. The number of hydrogen-bond donors (Lipinski definition) is 0. The van der Waals surface area contributed by atoms with Crippen LogP contribution in [0.4, 0.5) is 5.69 Å². The molecule has 3 aromatic rings. The van der Waals surface area contributed by atoms with Gasteiger partial charge in [-0.1, -0.05) is 29.8 Å². The van der Waals surface area contributed by atoms with E-state index in [1.807, 2.05) is 36.2 Å². The van der Waals surface area contributed by atoms with Crippen LogP contribution in [0.25, 0.3) is 5.65 Å². The number of likely N-dealkylation sites (N-methyl/N-ethyl adjacent to an activating group) is 1. The minimum absolute atomic E-state index is 0.0168. The minimum atomic E-state index is -0.266. The number of halogens is 1. The van der Waals surface area contributed by atoms with Crippen molar-refractivity contribution in [2.75, 3.05) is 18.5 Å². The average molecular weight is 383 g/mol. The van der Waals surface area contributed by atoms with Gasteiger partial charge in [0, 0.05) is 25.4 Å². The Balaban J connectivity index is 1.54. The first-order chi connectivity index (χ1) is 13.0. The van der Waals surface area contributed by atoms with Gasteiger partial charge in [0.25, 0.3) is 5.56 Å². The first kappa shape index (κ1) is 17.7. The predicted molar refractivity (Wildman–Crippen MR) is 105 cm³/mol. The van der Waals surface area contributed by atoms with Crippen LogP contribution in [0, 0.1) is 0 Å². The molecule has 2 aromatic heterocycles. The number of fused-ring (bicyclic) bond motifs is 1. The maximum Gasteiger partial charge on any atom is 0.258 e. The quantitative estimate of drug-likeness (QED) is 0.696. The highest BCUT2D eigenvalue weighted by molar-refractivity contribution is 6.33. The lowest BCUT2D eigenvalue weighted by atomic mass is 10.2. The molecule has 0 aliphatic carbocycles. The van der Waals surface area contributed by atoms with E-state index in [0.717, 1.165) is 5.69 Å². The van der Waals surface area contributed by atoms with E-state index in [1.165, 1.54) is 10.5 Å². The summed E-state index contributed by atoms with van der Waals surface area (Å²) in [5, 5.41) is 0.568. The molecule has 1 aliphatic rings. The topological polar surface area (TPSA) is 57.9 Å². The van der Waals surface area contributed by atoms with Crippen LogP contribution in [0.1, 0.15) is 12.1 Å². The molecule has 1 fully saturated rings. The Morgan fingerprint density at radius 1 is 1.19 bits per heavy atom. The summed E-state index contributed by atoms with van der Waals surface area (Å²) in [7, 11) is 1.88. The zero-order chi connectivity index (χ0) is 19.0. The third-order valence-electron chi connectivity index (χ3n) is 4.89. The van der Waals surface area contributed by atoms with E-state index in [0.29, 0.717) is 35.9 Å². The number of hydrogen-bond acceptors (Lipinski definition) is 4. The van der Waals surface area contributed by atoms with E-state index in [4.69, 9.17) is 11.6 Å². The minimum Gasteiger partial charge on any atom is -0.310 e. The van der Waals surface area contributed by atoms with Crippen molar-refractivity contribution in [1.29, 1.82) is 0 Å². The predicted octanol–water partition coefficient (Wildman–Crippen LogP) is 2.59. The maximum atomic E-state index is 12.9. The van der Waals surface area contributed by atoms with Gasteiger partial charge in [0.15, 0.2) is 0 Å². The van der Waals surface area contributed by atoms with Crippen molar-refractivity contribution in [3.63, 3.8) is 0 Å². The van der Waals surface area contributed by atoms with E-state index >= 15 is 0 Å². The molecule has 0 saturated carbocycles. The number of rotatable bonds is 4. The summed E-state index contributed by atoms with van der Waals surface area (Å²) < 4.78 is 1.50. The summed E-state index contributed by atoms with van der Waals surface area (Å²) in [6.07, 6.45) is 2.40. The third kappa shape index (κ3) is 3.34. The van der Waals surface area contributed by atoms with Gasteiger partial charge in [-0.15, -0.1) is 0 Å². The summed E-state index contributed by atoms with van der Waals surface area (Å²) in [4.78, 5) is 33.4. The van der Waals surface area contributed by atoms with E-state index in [1.54, 1.807) is 29.3 Å². The van der Waals surface area contributed by atoms with Crippen molar-refractivity contribution in [3.8, 4) is 0 Å². The van der Waals surface area contributed by atoms with Crippen molar-refractivity contribution in [1.82, 2.24) is 14.3 Å². The molecular weight excluding hydrogens is 364 g/mol. The van der Waals surface area contributed by atoms with Crippen LogP contribution in [0.15, 0.2) is 59.5 Å². The van der Waals surface area contributed by atoms with Gasteiger partial charge in [-0.2, -0.15) is 0 Å². The van der Waals surface area contributed by atoms with Gasteiger partial charge in [-0.25, -0.2) is 4.98 Å². The average Bonchev–Trinajstić information content (AvgIpc) is 3.03. The molecule has 1 aliphatic heterocycles. The zero-order valence-electron chi connectivity index (χ0n) is 14.9. The SMILES string of the molecule is CN(Cc1cc(=O)n2ccccc2n1)C1CCN(c2ccccc2Cl)C1=O. The summed E-state index contributed by atoms with van der Waals surface area (Å²) in [6.45, 7) is 1.04. The Morgan fingerprint density at radius 3 is 2.78 bits per heavy atom. The second kappa shape index (κ2) is 7.13. The number of nitrogens with zero attached hydrogens (tertiary/aromatic N) is 4. The fourth-order valence-corrected chi connectivity index (χ4v) is 3.77. The summed E-state index contributed by atoms with van der Waals surface area (Å²) in [5.41, 5.74) is 1.86. The van der Waals surface area contributed by atoms with Gasteiger partial charge in [-0.05, 0) is 37.7 Å². The normalized spacial score (nSPS) is 17.2. The molecule has 0 N–H and O–H groups in total. The molecule has 0 bridgehead atoms. The standard InChI is InChI=1S/C20H19ClN4O2/c1-23(13-14-12-19(26)25-10-5-4-8-18(25)22-14)17-9-11-24(20(17)27)16-7-3-2-6-15(16)21/h2-8,10,12,17H,9,11,13H2,1H3. The lowest BCUT2D eigenvalue weighted by Gasteiger charge is -2.24. The summed E-state index contributed by atoms with van der Waals surface area (Å²) in [6, 6.07) is 14.1. The molecule has 4 rings (SSSR count). The molecule has 1 unspecified atom stereocenters. The molecule has 0 radical (unpaired) electrons. The lowest BCUT2D eigenvalue weighted by Crippen LogP contribution is -2.39. The Morgan fingerprint density at radius 2 is 1.96 bits per heavy atom. The highest BCUT2D eigenvalue weighted by atomic mass is 35.5. The van der Waals surface area contributed by atoms with Gasteiger partial charge in [0.05, 0.1) is 22.4 Å². The Hall–Kier alpha value is -2.70. The van der Waals surface area contributed by atoms with Gasteiger partial charge in [-0.3, -0.25) is 18.9 Å². The van der Waals surface area contributed by atoms with E-state index in [9.17, 15) is 9.59 Å². The lowest BCUT2D eigenvalue weighted by molar-refractivity contribution is -0.121. The van der Waals surface area contributed by atoms with Crippen molar-refractivity contribution in [3.05, 3.63) is 75.8 Å². The molecule has 138 valence electrons. The first-order valence-corrected chi connectivity index (χ1v) is 9.16. The number of anilines is 1. The number of para-hydroxylation sites is 1. The van der Waals surface area contributed by atoms with Crippen LogP contribution >= 0.6 is 11.6 Å². The first-order valence-electron chi connectivity index (χ1n) is 8.78. The van der Waals surface area contributed by atoms with Crippen LogP contribution < -0.4 is 10.5 Å². The largest absolute Gasteiger partial charge is 0.310 e. The molecule has 1 amide bonds. The van der Waals surface area contributed by atoms with E-state index < -0.39 is 0 Å². The Kier molecular flexibility index (Phi) is 4.68. The monoisotopic (exact) mass is 382 g/mol. The smallest absolute Gasteiger partial charge is 0.258 e. The van der Waals surface area contributed by atoms with Crippen LogP contribution in [-0.2, 0) is 11.3 Å². The molecule has 3 heterocycles. The van der Waals surface area contributed by atoms with Gasteiger partial charge < -0.3 is 4.90 Å². The molecular formula is C20H19ClN4O2. The fourth-order valence-electron chi connectivity index (χ4n) is 3.53. The van der Waals surface area contributed by atoms with Crippen molar-refractivity contribution >= 4 is 28.8 Å². The highest BCUT2D eigenvalue weighted by Crippen LogP contribution is 2.30. The second-order valence-electron chi connectivity index (χ2n) is 6.68. The number of pyridine rings is 1. The van der Waals surface area contributed by atoms with Gasteiger partial charge in [0.2, 0.25) is 5.91 Å². The maximum absolute atomic E-state index is 12.9. The molecule has 1 saturated heterocycles. The zero-order valence-corrected chi connectivity index (χ0v) is 15.6. The number of carbonyl (C=O) groups excluding carboxylic acids is 1. The van der Waals surface area contributed by atoms with Crippen LogP contribution in [-0.4, -0.2) is 39.8 Å². The number of benzene rings is 1. The third-order valence-corrected chi connectivity index (χ3v) is 5.21. The Bertz CT molecular complexity index is 1070. The van der Waals surface area contributed by atoms with Crippen LogP contribution in [0.3, 0.4) is 0 Å². The second-order valence-corrected chi connectivity index (χ2v) is 7.08. The summed E-state index contributed by atoms with van der Waals surface area (Å²) >= 11 is 6.25. The van der Waals surface area contributed by atoms with Gasteiger partial charge in [0.1, 0.15) is 5.65 Å². The number of carbonyl (C=O) groups is 1. The number of aromatic nitrogens is 2. The van der Waals surface area contributed by atoms with Gasteiger partial charge >= 0.3 is 0 Å².